The minimum Gasteiger partial charge on any atom is -0.480 e. The van der Waals surface area contributed by atoms with Gasteiger partial charge in [0.2, 0.25) is 0 Å². The fraction of sp³-hybridized carbons (Fsp3) is 0.857. The van der Waals surface area contributed by atoms with Gasteiger partial charge in [-0.25, -0.2) is 9.59 Å². The molecule has 118 valence electrons. The third kappa shape index (κ3) is 9.07. The van der Waals surface area contributed by atoms with Crippen molar-refractivity contribution in [1.82, 2.24) is 10.6 Å². The van der Waals surface area contributed by atoms with E-state index < -0.39 is 12.0 Å². The van der Waals surface area contributed by atoms with Crippen molar-refractivity contribution in [1.29, 1.82) is 0 Å². The highest BCUT2D eigenvalue weighted by atomic mass is 32.2. The number of thioether (sulfide) groups is 1. The molecule has 0 spiro atoms. The third-order valence-corrected chi connectivity index (χ3v) is 3.95. The Kier molecular flexibility index (Phi) is 11.3. The van der Waals surface area contributed by atoms with Gasteiger partial charge in [-0.3, -0.25) is 0 Å². The molecule has 0 aliphatic heterocycles. The standard InChI is InChI=1S/C14H28N2O3S/c1-4-6-7-11(5-2)10-15-14(19)16-12(13(17)18)8-9-20-3/h11-12H,4-10H2,1-3H3,(H,17,18)(H2,15,16,19). The van der Waals surface area contributed by atoms with Crippen LogP contribution in [0.5, 0.6) is 0 Å². The largest absolute Gasteiger partial charge is 0.480 e. The smallest absolute Gasteiger partial charge is 0.326 e. The quantitative estimate of drug-likeness (QED) is 0.548. The number of carboxylic acid groups (broad SMARTS) is 1. The summed E-state index contributed by atoms with van der Waals surface area (Å²) in [6, 6.07) is -1.19. The summed E-state index contributed by atoms with van der Waals surface area (Å²) >= 11 is 1.57. The number of carbonyl (C=O) groups is 2. The molecule has 0 aromatic rings. The average molecular weight is 304 g/mol. The number of aliphatic carboxylic acids is 1. The summed E-state index contributed by atoms with van der Waals surface area (Å²) < 4.78 is 0. The molecular formula is C14H28N2O3S. The van der Waals surface area contributed by atoms with Crippen LogP contribution in [0.1, 0.15) is 46.0 Å². The van der Waals surface area contributed by atoms with Crippen LogP contribution in [0.3, 0.4) is 0 Å². The lowest BCUT2D eigenvalue weighted by molar-refractivity contribution is -0.139. The summed E-state index contributed by atoms with van der Waals surface area (Å²) in [4.78, 5) is 22.7. The molecule has 3 N–H and O–H groups in total. The zero-order valence-corrected chi connectivity index (χ0v) is 13.6. The minimum atomic E-state index is -0.979. The average Bonchev–Trinajstić information content (AvgIpc) is 2.43. The van der Waals surface area contributed by atoms with Crippen LogP contribution in [0.15, 0.2) is 0 Å². The molecule has 2 amide bonds. The number of hydrogen-bond donors (Lipinski definition) is 3. The number of urea groups is 1. The summed E-state index contributed by atoms with van der Waals surface area (Å²) in [5.74, 6) is 0.202. The van der Waals surface area contributed by atoms with E-state index in [9.17, 15) is 9.59 Å². The van der Waals surface area contributed by atoms with Crippen molar-refractivity contribution in [3.8, 4) is 0 Å². The summed E-state index contributed by atoms with van der Waals surface area (Å²) in [7, 11) is 0. The normalized spacial score (nSPS) is 13.6. The number of hydrogen-bond acceptors (Lipinski definition) is 3. The van der Waals surface area contributed by atoms with Crippen molar-refractivity contribution in [2.75, 3.05) is 18.6 Å². The fourth-order valence-electron chi connectivity index (χ4n) is 1.88. The van der Waals surface area contributed by atoms with Gasteiger partial charge in [0.15, 0.2) is 0 Å². The van der Waals surface area contributed by atoms with Gasteiger partial charge in [0.25, 0.3) is 0 Å². The Hall–Kier alpha value is -0.910. The first kappa shape index (κ1) is 19.1. The number of carboxylic acids is 1. The van der Waals surface area contributed by atoms with Crippen molar-refractivity contribution in [3.05, 3.63) is 0 Å². The number of amides is 2. The lowest BCUT2D eigenvalue weighted by Crippen LogP contribution is -2.47. The predicted molar refractivity (Wildman–Crippen MR) is 84.3 cm³/mol. The summed E-state index contributed by atoms with van der Waals surface area (Å²) in [6.45, 7) is 4.87. The van der Waals surface area contributed by atoms with E-state index in [1.54, 1.807) is 11.8 Å². The molecule has 0 fully saturated rings. The zero-order chi connectivity index (χ0) is 15.4. The highest BCUT2D eigenvalue weighted by Gasteiger charge is 2.19. The van der Waals surface area contributed by atoms with Crippen molar-refractivity contribution < 1.29 is 14.7 Å². The van der Waals surface area contributed by atoms with E-state index in [2.05, 4.69) is 24.5 Å². The van der Waals surface area contributed by atoms with Gasteiger partial charge in [0, 0.05) is 6.54 Å². The van der Waals surface area contributed by atoms with Crippen LogP contribution in [0.25, 0.3) is 0 Å². The molecule has 2 unspecified atom stereocenters. The van der Waals surface area contributed by atoms with Crippen molar-refractivity contribution in [2.24, 2.45) is 5.92 Å². The second kappa shape index (κ2) is 11.9. The van der Waals surface area contributed by atoms with Crippen LogP contribution in [-0.2, 0) is 4.79 Å². The van der Waals surface area contributed by atoms with E-state index >= 15 is 0 Å². The summed E-state index contributed by atoms with van der Waals surface area (Å²) in [6.07, 6.45) is 6.79. The Bertz CT molecular complexity index is 288. The van der Waals surface area contributed by atoms with Gasteiger partial charge in [-0.05, 0) is 30.8 Å². The fourth-order valence-corrected chi connectivity index (χ4v) is 2.35. The minimum absolute atomic E-state index is 0.381. The van der Waals surface area contributed by atoms with Crippen LogP contribution in [0.2, 0.25) is 0 Å². The number of carbonyl (C=O) groups excluding carboxylic acids is 1. The van der Waals surface area contributed by atoms with Gasteiger partial charge >= 0.3 is 12.0 Å². The topological polar surface area (TPSA) is 78.4 Å². The number of unbranched alkanes of at least 4 members (excludes halogenated alkanes) is 1. The monoisotopic (exact) mass is 304 g/mol. The Morgan fingerprint density at radius 2 is 1.95 bits per heavy atom. The van der Waals surface area contributed by atoms with Crippen molar-refractivity contribution in [3.63, 3.8) is 0 Å². The molecule has 2 atom stereocenters. The molecular weight excluding hydrogens is 276 g/mol. The van der Waals surface area contributed by atoms with E-state index in [1.807, 2.05) is 6.26 Å². The second-order valence-electron chi connectivity index (χ2n) is 4.94. The van der Waals surface area contributed by atoms with Crippen molar-refractivity contribution in [2.45, 2.75) is 52.0 Å². The summed E-state index contributed by atoms with van der Waals surface area (Å²) in [5.41, 5.74) is 0. The second-order valence-corrected chi connectivity index (χ2v) is 5.93. The van der Waals surface area contributed by atoms with Crippen LogP contribution in [0.4, 0.5) is 4.79 Å². The molecule has 20 heavy (non-hydrogen) atoms. The molecule has 0 saturated heterocycles. The first-order valence-corrected chi connectivity index (χ1v) is 8.70. The van der Waals surface area contributed by atoms with Gasteiger partial charge < -0.3 is 15.7 Å². The molecule has 5 nitrogen and oxygen atoms in total. The molecule has 0 aliphatic rings. The Balaban J connectivity index is 4.07. The zero-order valence-electron chi connectivity index (χ0n) is 12.8. The maximum absolute atomic E-state index is 11.7. The van der Waals surface area contributed by atoms with E-state index in [1.165, 1.54) is 0 Å². The Morgan fingerprint density at radius 3 is 2.45 bits per heavy atom. The molecule has 0 aliphatic carbocycles. The van der Waals surface area contributed by atoms with Gasteiger partial charge in [-0.1, -0.05) is 33.1 Å². The van der Waals surface area contributed by atoms with Crippen LogP contribution >= 0.6 is 11.8 Å². The van der Waals surface area contributed by atoms with Gasteiger partial charge in [0.1, 0.15) is 6.04 Å². The molecule has 0 aromatic heterocycles. The SMILES string of the molecule is CCCCC(CC)CNC(=O)NC(CCSC)C(=O)O. The predicted octanol–water partition coefficient (Wildman–Crippen LogP) is 2.71. The van der Waals surface area contributed by atoms with E-state index in [4.69, 9.17) is 5.11 Å². The molecule has 0 saturated carbocycles. The van der Waals surface area contributed by atoms with Gasteiger partial charge in [-0.15, -0.1) is 0 Å². The highest BCUT2D eigenvalue weighted by Crippen LogP contribution is 2.11. The molecule has 0 bridgehead atoms. The van der Waals surface area contributed by atoms with Gasteiger partial charge in [0.05, 0.1) is 0 Å². The van der Waals surface area contributed by atoms with Crippen molar-refractivity contribution >= 4 is 23.8 Å². The Labute approximate surface area is 126 Å². The van der Waals surface area contributed by atoms with Gasteiger partial charge in [-0.2, -0.15) is 11.8 Å². The lowest BCUT2D eigenvalue weighted by Gasteiger charge is -2.18. The van der Waals surface area contributed by atoms with E-state index in [0.717, 1.165) is 25.7 Å². The maximum Gasteiger partial charge on any atom is 0.326 e. The first-order chi connectivity index (χ1) is 9.54. The maximum atomic E-state index is 11.7. The highest BCUT2D eigenvalue weighted by molar-refractivity contribution is 7.98. The molecule has 0 aromatic carbocycles. The summed E-state index contributed by atoms with van der Waals surface area (Å²) in [5, 5.41) is 14.3. The lowest BCUT2D eigenvalue weighted by atomic mass is 9.99. The molecule has 0 rings (SSSR count). The van der Waals surface area contributed by atoms with Crippen LogP contribution in [-0.4, -0.2) is 41.7 Å². The van der Waals surface area contributed by atoms with Crippen LogP contribution in [0, 0.1) is 5.92 Å². The number of rotatable bonds is 11. The number of nitrogens with one attached hydrogen (secondary N) is 2. The molecule has 0 radical (unpaired) electrons. The van der Waals surface area contributed by atoms with E-state index in [-0.39, 0.29) is 6.03 Å². The van der Waals surface area contributed by atoms with Crippen LogP contribution < -0.4 is 10.6 Å². The first-order valence-electron chi connectivity index (χ1n) is 7.31. The third-order valence-electron chi connectivity index (χ3n) is 3.31. The molecule has 0 heterocycles. The molecule has 6 heteroatoms. The Morgan fingerprint density at radius 1 is 1.25 bits per heavy atom. The van der Waals surface area contributed by atoms with E-state index in [0.29, 0.717) is 24.6 Å².